The molecule has 0 bridgehead atoms. The highest BCUT2D eigenvalue weighted by Gasteiger charge is 2.12. The highest BCUT2D eigenvalue weighted by atomic mass is 35.5. The average Bonchev–Trinajstić information content (AvgIpc) is 3.05. The number of hydrogen-bond donors (Lipinski definition) is 1. The van der Waals surface area contributed by atoms with Crippen molar-refractivity contribution in [3.05, 3.63) is 58.6 Å². The average molecular weight is 380 g/mol. The molecular weight excluding hydrogens is 369 g/mol. The Morgan fingerprint density at radius 1 is 1.08 bits per heavy atom. The lowest BCUT2D eigenvalue weighted by molar-refractivity contribution is -0.113. The third kappa shape index (κ3) is 4.29. The number of hydrogen-bond acceptors (Lipinski definition) is 5. The summed E-state index contributed by atoms with van der Waals surface area (Å²) in [4.78, 5) is 12.0. The number of carbonyl (C=O) groups excluding carboxylic acids is 1. The second kappa shape index (κ2) is 7.70. The van der Waals surface area contributed by atoms with Gasteiger partial charge in [0, 0.05) is 10.6 Å². The minimum atomic E-state index is -0.209. The number of anilines is 1. The highest BCUT2D eigenvalue weighted by Crippen LogP contribution is 2.25. The van der Waals surface area contributed by atoms with Crippen LogP contribution in [0.15, 0.2) is 58.2 Å². The Kier molecular flexibility index (Phi) is 5.40. The zero-order valence-corrected chi connectivity index (χ0v) is 14.5. The van der Waals surface area contributed by atoms with E-state index in [1.54, 1.807) is 48.5 Å². The Hall–Kier alpha value is -2.02. The first-order valence-corrected chi connectivity index (χ1v) is 8.62. The van der Waals surface area contributed by atoms with Crippen molar-refractivity contribution in [3.8, 4) is 11.5 Å². The number of aromatic nitrogens is 2. The predicted octanol–water partition coefficient (Wildman–Crippen LogP) is 4.77. The Morgan fingerprint density at radius 2 is 1.83 bits per heavy atom. The number of nitrogens with zero attached hydrogens (tertiary/aromatic N) is 2. The summed E-state index contributed by atoms with van der Waals surface area (Å²) in [6.45, 7) is 0. The van der Waals surface area contributed by atoms with Crippen LogP contribution < -0.4 is 5.32 Å². The van der Waals surface area contributed by atoms with E-state index in [1.165, 1.54) is 0 Å². The van der Waals surface area contributed by atoms with Crippen LogP contribution in [0.1, 0.15) is 0 Å². The summed E-state index contributed by atoms with van der Waals surface area (Å²) in [5.41, 5.74) is 1.33. The lowest BCUT2D eigenvalue weighted by Gasteiger charge is -2.05. The normalized spacial score (nSPS) is 10.6. The van der Waals surface area contributed by atoms with Crippen molar-refractivity contribution in [3.63, 3.8) is 0 Å². The third-order valence-electron chi connectivity index (χ3n) is 2.97. The largest absolute Gasteiger partial charge is 0.411 e. The molecule has 0 unspecified atom stereocenters. The Balaban J connectivity index is 1.58. The standard InChI is InChI=1S/C16H11Cl2N3O2S/c17-11-7-5-10(6-8-11)15-20-21-16(23-15)24-9-14(22)19-13-4-2-1-3-12(13)18/h1-8H,9H2,(H,19,22). The molecule has 0 saturated carbocycles. The Labute approximate surface area is 152 Å². The molecule has 2 aromatic carbocycles. The summed E-state index contributed by atoms with van der Waals surface area (Å²) >= 11 is 13.0. The van der Waals surface area contributed by atoms with Crippen LogP contribution in [0, 0.1) is 0 Å². The summed E-state index contributed by atoms with van der Waals surface area (Å²) in [7, 11) is 0. The molecule has 0 atom stereocenters. The van der Waals surface area contributed by atoms with Crippen LogP contribution in [0.25, 0.3) is 11.5 Å². The van der Waals surface area contributed by atoms with E-state index in [-0.39, 0.29) is 11.7 Å². The van der Waals surface area contributed by atoms with E-state index >= 15 is 0 Å². The van der Waals surface area contributed by atoms with Crippen molar-refractivity contribution >= 4 is 46.6 Å². The lowest BCUT2D eigenvalue weighted by Crippen LogP contribution is -2.14. The van der Waals surface area contributed by atoms with Crippen LogP contribution in [0.2, 0.25) is 10.0 Å². The van der Waals surface area contributed by atoms with Crippen LogP contribution in [-0.2, 0) is 4.79 Å². The molecule has 5 nitrogen and oxygen atoms in total. The first-order chi connectivity index (χ1) is 11.6. The molecule has 1 heterocycles. The van der Waals surface area contributed by atoms with Crippen molar-refractivity contribution in [2.24, 2.45) is 0 Å². The van der Waals surface area contributed by atoms with Crippen molar-refractivity contribution in [1.82, 2.24) is 10.2 Å². The van der Waals surface area contributed by atoms with E-state index in [1.807, 2.05) is 0 Å². The number of amides is 1. The van der Waals surface area contributed by atoms with Gasteiger partial charge in [0.05, 0.1) is 16.5 Å². The monoisotopic (exact) mass is 379 g/mol. The van der Waals surface area contributed by atoms with E-state index in [9.17, 15) is 4.79 Å². The molecule has 1 aromatic heterocycles. The van der Waals surface area contributed by atoms with Gasteiger partial charge in [-0.05, 0) is 36.4 Å². The van der Waals surface area contributed by atoms with Crippen molar-refractivity contribution in [2.75, 3.05) is 11.1 Å². The van der Waals surface area contributed by atoms with Gasteiger partial charge < -0.3 is 9.73 Å². The fourth-order valence-electron chi connectivity index (χ4n) is 1.85. The molecule has 0 aliphatic heterocycles. The van der Waals surface area contributed by atoms with Crippen LogP contribution >= 0.6 is 35.0 Å². The minimum absolute atomic E-state index is 0.132. The molecule has 1 N–H and O–H groups in total. The number of nitrogens with one attached hydrogen (secondary N) is 1. The summed E-state index contributed by atoms with van der Waals surface area (Å²) in [6, 6.07) is 14.1. The molecule has 0 aliphatic carbocycles. The number of para-hydroxylation sites is 1. The van der Waals surface area contributed by atoms with Crippen LogP contribution in [0.5, 0.6) is 0 Å². The number of rotatable bonds is 5. The van der Waals surface area contributed by atoms with Gasteiger partial charge in [0.2, 0.25) is 11.8 Å². The van der Waals surface area contributed by atoms with Gasteiger partial charge in [-0.15, -0.1) is 10.2 Å². The minimum Gasteiger partial charge on any atom is -0.411 e. The molecule has 1 amide bonds. The van der Waals surface area contributed by atoms with Gasteiger partial charge in [0.1, 0.15) is 0 Å². The fraction of sp³-hybridized carbons (Fsp3) is 0.0625. The summed E-state index contributed by atoms with van der Waals surface area (Å²) in [5, 5.41) is 12.0. The molecule has 0 spiro atoms. The van der Waals surface area contributed by atoms with Gasteiger partial charge in [-0.1, -0.05) is 47.1 Å². The Bertz CT molecular complexity index is 853. The van der Waals surface area contributed by atoms with E-state index in [0.717, 1.165) is 17.3 Å². The molecule has 24 heavy (non-hydrogen) atoms. The van der Waals surface area contributed by atoms with Crippen LogP contribution in [0.3, 0.4) is 0 Å². The third-order valence-corrected chi connectivity index (χ3v) is 4.37. The zero-order chi connectivity index (χ0) is 16.9. The first-order valence-electron chi connectivity index (χ1n) is 6.88. The second-order valence-electron chi connectivity index (χ2n) is 4.70. The number of halogens is 2. The molecule has 3 rings (SSSR count). The maximum Gasteiger partial charge on any atom is 0.277 e. The maximum absolute atomic E-state index is 12.0. The highest BCUT2D eigenvalue weighted by molar-refractivity contribution is 7.99. The second-order valence-corrected chi connectivity index (χ2v) is 6.47. The van der Waals surface area contributed by atoms with Crippen molar-refractivity contribution < 1.29 is 9.21 Å². The molecule has 122 valence electrons. The molecule has 3 aromatic rings. The van der Waals surface area contributed by atoms with Crippen molar-refractivity contribution in [2.45, 2.75) is 5.22 Å². The molecule has 0 radical (unpaired) electrons. The quantitative estimate of drug-likeness (QED) is 0.646. The summed E-state index contributed by atoms with van der Waals surface area (Å²) in [6.07, 6.45) is 0. The van der Waals surface area contributed by atoms with Gasteiger partial charge in [-0.2, -0.15) is 0 Å². The Morgan fingerprint density at radius 3 is 2.58 bits per heavy atom. The van der Waals surface area contributed by atoms with Gasteiger partial charge in [-0.25, -0.2) is 0 Å². The van der Waals surface area contributed by atoms with Gasteiger partial charge in [-0.3, -0.25) is 4.79 Å². The zero-order valence-electron chi connectivity index (χ0n) is 12.2. The predicted molar refractivity (Wildman–Crippen MR) is 95.5 cm³/mol. The number of benzene rings is 2. The molecule has 0 fully saturated rings. The SMILES string of the molecule is O=C(CSc1nnc(-c2ccc(Cl)cc2)o1)Nc1ccccc1Cl. The fourth-order valence-corrected chi connectivity index (χ4v) is 2.73. The van der Waals surface area contributed by atoms with E-state index in [0.29, 0.717) is 26.8 Å². The number of carbonyl (C=O) groups is 1. The smallest absolute Gasteiger partial charge is 0.277 e. The van der Waals surface area contributed by atoms with Gasteiger partial charge >= 0.3 is 0 Å². The van der Waals surface area contributed by atoms with E-state index in [4.69, 9.17) is 27.6 Å². The summed E-state index contributed by atoms with van der Waals surface area (Å²) in [5.74, 6) is 0.299. The van der Waals surface area contributed by atoms with Gasteiger partial charge in [0.15, 0.2) is 0 Å². The number of thioether (sulfide) groups is 1. The molecule has 8 heteroatoms. The summed E-state index contributed by atoms with van der Waals surface area (Å²) < 4.78 is 5.53. The van der Waals surface area contributed by atoms with Crippen LogP contribution in [-0.4, -0.2) is 21.9 Å². The molecule has 0 saturated heterocycles. The molecular formula is C16H11Cl2N3O2S. The van der Waals surface area contributed by atoms with Crippen molar-refractivity contribution in [1.29, 1.82) is 0 Å². The lowest BCUT2D eigenvalue weighted by atomic mass is 10.2. The van der Waals surface area contributed by atoms with Gasteiger partial charge in [0.25, 0.3) is 5.22 Å². The van der Waals surface area contributed by atoms with E-state index in [2.05, 4.69) is 15.5 Å². The van der Waals surface area contributed by atoms with Crippen LogP contribution in [0.4, 0.5) is 5.69 Å². The topological polar surface area (TPSA) is 68.0 Å². The maximum atomic E-state index is 12.0. The molecule has 0 aliphatic rings. The van der Waals surface area contributed by atoms with E-state index < -0.39 is 0 Å². The first kappa shape index (κ1) is 16.8.